The fraction of sp³-hybridized carbons (Fsp3) is 0.778. The Balaban J connectivity index is 3.46. The number of nitrogens with zero attached hydrogens (tertiary/aromatic N) is 2. The van der Waals surface area contributed by atoms with E-state index in [4.69, 9.17) is 13.8 Å². The lowest BCUT2D eigenvalue weighted by Crippen LogP contribution is -2.46. The van der Waals surface area contributed by atoms with Crippen LogP contribution in [0, 0.1) is 0 Å². The Kier molecular flexibility index (Phi) is 12.6. The summed E-state index contributed by atoms with van der Waals surface area (Å²) in [4.78, 5) is 18.1. The number of amides is 1. The second kappa shape index (κ2) is 13.5. The standard InChI is InChI=1S/C27H53N3O5S2Si2/c1-15-16-30(24(31)32)17-20(29-37(33)25(2,3)4)23-28-21(19-36-23)22(35-39(13,14)27(8,9)10)18-34-38(11,12)26(5,6)7/h15,19-20,22,29H,1,16-18H2,2-14H3,(H,31,32). The van der Waals surface area contributed by atoms with E-state index >= 15 is 0 Å². The highest BCUT2D eigenvalue weighted by atomic mass is 32.2. The second-order valence-corrected chi connectivity index (χ2v) is 26.5. The van der Waals surface area contributed by atoms with Crippen molar-refractivity contribution in [3.8, 4) is 0 Å². The van der Waals surface area contributed by atoms with Crippen LogP contribution < -0.4 is 4.72 Å². The van der Waals surface area contributed by atoms with Crippen molar-refractivity contribution in [2.24, 2.45) is 0 Å². The molecule has 8 nitrogen and oxygen atoms in total. The first-order chi connectivity index (χ1) is 17.4. The van der Waals surface area contributed by atoms with Crippen molar-refractivity contribution in [3.63, 3.8) is 0 Å². The molecule has 0 fully saturated rings. The van der Waals surface area contributed by atoms with Crippen LogP contribution in [0.25, 0.3) is 0 Å². The predicted octanol–water partition coefficient (Wildman–Crippen LogP) is 7.49. The minimum Gasteiger partial charge on any atom is -0.598 e. The zero-order chi connectivity index (χ0) is 30.6. The number of thiazole rings is 1. The Bertz CT molecular complexity index is 952. The summed E-state index contributed by atoms with van der Waals surface area (Å²) in [5, 5.41) is 12.4. The number of hydrogen-bond acceptors (Lipinski definition) is 7. The largest absolute Gasteiger partial charge is 0.598 e. The van der Waals surface area contributed by atoms with E-state index in [0.29, 0.717) is 11.6 Å². The van der Waals surface area contributed by atoms with E-state index in [0.717, 1.165) is 5.69 Å². The van der Waals surface area contributed by atoms with E-state index in [2.05, 4.69) is 79.0 Å². The van der Waals surface area contributed by atoms with Crippen LogP contribution in [-0.4, -0.2) is 66.7 Å². The second-order valence-electron chi connectivity index (χ2n) is 14.1. The van der Waals surface area contributed by atoms with Gasteiger partial charge in [0.1, 0.15) is 21.9 Å². The minimum atomic E-state index is -2.18. The van der Waals surface area contributed by atoms with Gasteiger partial charge in [0.2, 0.25) is 0 Å². The molecule has 0 aliphatic heterocycles. The molecule has 0 radical (unpaired) electrons. The van der Waals surface area contributed by atoms with Crippen molar-refractivity contribution in [1.29, 1.82) is 0 Å². The van der Waals surface area contributed by atoms with Crippen molar-refractivity contribution in [2.75, 3.05) is 19.7 Å². The topological polar surface area (TPSA) is 107 Å². The molecule has 0 saturated heterocycles. The van der Waals surface area contributed by atoms with Gasteiger partial charge in [-0.15, -0.1) is 22.6 Å². The number of aromatic nitrogens is 1. The van der Waals surface area contributed by atoms with E-state index in [1.54, 1.807) is 6.08 Å². The Morgan fingerprint density at radius 1 is 1.15 bits per heavy atom. The maximum atomic E-state index is 13.1. The van der Waals surface area contributed by atoms with E-state index in [-0.39, 0.29) is 29.3 Å². The van der Waals surface area contributed by atoms with Crippen molar-refractivity contribution in [1.82, 2.24) is 14.6 Å². The van der Waals surface area contributed by atoms with Crippen LogP contribution in [0.5, 0.6) is 0 Å². The van der Waals surface area contributed by atoms with Gasteiger partial charge in [0, 0.05) is 23.3 Å². The number of carboxylic acid groups (broad SMARTS) is 1. The predicted molar refractivity (Wildman–Crippen MR) is 170 cm³/mol. The highest BCUT2D eigenvalue weighted by Crippen LogP contribution is 2.42. The van der Waals surface area contributed by atoms with E-state index in [1.165, 1.54) is 16.2 Å². The molecule has 1 heterocycles. The smallest absolute Gasteiger partial charge is 0.407 e. The van der Waals surface area contributed by atoms with Gasteiger partial charge in [0.05, 0.1) is 18.8 Å². The molecule has 3 atom stereocenters. The first-order valence-electron chi connectivity index (χ1n) is 13.5. The summed E-state index contributed by atoms with van der Waals surface area (Å²) in [6, 6.07) is -0.560. The summed E-state index contributed by atoms with van der Waals surface area (Å²) in [6.07, 6.45) is 0.116. The molecule has 39 heavy (non-hydrogen) atoms. The summed E-state index contributed by atoms with van der Waals surface area (Å²) < 4.78 is 29.1. The summed E-state index contributed by atoms with van der Waals surface area (Å²) >= 11 is -0.00753. The van der Waals surface area contributed by atoms with Crippen molar-refractivity contribution in [3.05, 3.63) is 28.7 Å². The van der Waals surface area contributed by atoms with Crippen LogP contribution in [0.3, 0.4) is 0 Å². The molecular formula is C27H53N3O5S2Si2. The molecule has 1 aromatic heterocycles. The monoisotopic (exact) mass is 619 g/mol. The van der Waals surface area contributed by atoms with Gasteiger partial charge in [-0.3, -0.25) is 0 Å². The lowest BCUT2D eigenvalue weighted by molar-refractivity contribution is 0.105. The Hall–Kier alpha value is -0.736. The third kappa shape index (κ3) is 10.6. The van der Waals surface area contributed by atoms with Crippen LogP contribution in [0.15, 0.2) is 18.0 Å². The number of nitrogens with one attached hydrogen (secondary N) is 1. The summed E-state index contributed by atoms with van der Waals surface area (Å²) in [5.74, 6) is 0. The van der Waals surface area contributed by atoms with Gasteiger partial charge in [-0.25, -0.2) is 9.78 Å². The van der Waals surface area contributed by atoms with Gasteiger partial charge in [-0.1, -0.05) is 47.6 Å². The van der Waals surface area contributed by atoms with Crippen molar-refractivity contribution < 1.29 is 23.3 Å². The quantitative estimate of drug-likeness (QED) is 0.134. The zero-order valence-corrected chi connectivity index (χ0v) is 30.1. The lowest BCUT2D eigenvalue weighted by atomic mass is 10.2. The van der Waals surface area contributed by atoms with Crippen LogP contribution in [0.4, 0.5) is 4.79 Å². The van der Waals surface area contributed by atoms with Crippen LogP contribution >= 0.6 is 11.3 Å². The highest BCUT2D eigenvalue weighted by Gasteiger charge is 2.42. The molecule has 0 aromatic carbocycles. The molecule has 0 spiro atoms. The summed E-state index contributed by atoms with van der Waals surface area (Å²) in [6.45, 7) is 32.1. The van der Waals surface area contributed by atoms with Crippen molar-refractivity contribution >= 4 is 45.4 Å². The Morgan fingerprint density at radius 3 is 2.13 bits per heavy atom. The average molecular weight is 620 g/mol. The molecule has 0 saturated carbocycles. The van der Waals surface area contributed by atoms with Gasteiger partial charge in [0.25, 0.3) is 0 Å². The zero-order valence-electron chi connectivity index (χ0n) is 26.4. The number of rotatable bonds is 13. The number of carbonyl (C=O) groups is 1. The first-order valence-corrected chi connectivity index (χ1v) is 21.3. The molecule has 1 aromatic rings. The van der Waals surface area contributed by atoms with Crippen LogP contribution in [0.2, 0.25) is 36.3 Å². The number of hydrogen-bond donors (Lipinski definition) is 2. The fourth-order valence-corrected chi connectivity index (χ4v) is 6.93. The van der Waals surface area contributed by atoms with E-state index in [9.17, 15) is 14.5 Å². The van der Waals surface area contributed by atoms with Gasteiger partial charge in [-0.2, -0.15) is 0 Å². The summed E-state index contributed by atoms with van der Waals surface area (Å²) in [5.41, 5.74) is 0.762. The third-order valence-corrected chi connectivity index (χ3v) is 19.2. The lowest BCUT2D eigenvalue weighted by Gasteiger charge is -2.41. The Morgan fingerprint density at radius 2 is 1.69 bits per heavy atom. The minimum absolute atomic E-state index is 0.00144. The maximum Gasteiger partial charge on any atom is 0.407 e. The van der Waals surface area contributed by atoms with Crippen LogP contribution in [-0.2, 0) is 20.2 Å². The molecular weight excluding hydrogens is 567 g/mol. The van der Waals surface area contributed by atoms with Gasteiger partial charge < -0.3 is 23.4 Å². The Labute approximate surface area is 246 Å². The summed E-state index contributed by atoms with van der Waals surface area (Å²) in [7, 11) is -4.22. The van der Waals surface area contributed by atoms with Crippen molar-refractivity contribution in [2.45, 2.75) is 115 Å². The molecule has 0 aliphatic rings. The first kappa shape index (κ1) is 36.3. The maximum absolute atomic E-state index is 13.1. The van der Waals surface area contributed by atoms with Crippen LogP contribution in [0.1, 0.15) is 85.2 Å². The fourth-order valence-electron chi connectivity index (χ4n) is 2.90. The molecule has 0 aliphatic carbocycles. The highest BCUT2D eigenvalue weighted by molar-refractivity contribution is 7.90. The molecule has 3 unspecified atom stereocenters. The molecule has 1 amide bonds. The van der Waals surface area contributed by atoms with Gasteiger partial charge in [0.15, 0.2) is 16.6 Å². The normalized spacial score (nSPS) is 16.1. The molecule has 226 valence electrons. The van der Waals surface area contributed by atoms with Gasteiger partial charge in [-0.05, 0) is 57.0 Å². The third-order valence-electron chi connectivity index (χ3n) is 7.64. The van der Waals surface area contributed by atoms with E-state index < -0.39 is 44.9 Å². The van der Waals surface area contributed by atoms with Gasteiger partial charge >= 0.3 is 6.09 Å². The molecule has 1 rings (SSSR count). The molecule has 2 N–H and O–H groups in total. The average Bonchev–Trinajstić information content (AvgIpc) is 3.23. The molecule has 12 heteroatoms. The van der Waals surface area contributed by atoms with E-state index in [1.807, 2.05) is 26.2 Å². The SMILES string of the molecule is C=CCN(CC(N[S+]([O-])C(C)(C)C)c1nc(C(CO[Si](C)(C)C(C)(C)C)O[Si](C)(C)C(C)(C)C)cs1)C(=O)O. The molecule has 0 bridgehead atoms.